The lowest BCUT2D eigenvalue weighted by Gasteiger charge is -2.31. The van der Waals surface area contributed by atoms with Crippen molar-refractivity contribution in [3.8, 4) is 5.75 Å². The van der Waals surface area contributed by atoms with Crippen molar-refractivity contribution in [1.29, 1.82) is 0 Å². The molecule has 2 heterocycles. The van der Waals surface area contributed by atoms with Gasteiger partial charge in [-0.2, -0.15) is 0 Å². The molecular formula is C19H23N4O6S+. The minimum absolute atomic E-state index is 0.0207. The number of urea groups is 1. The van der Waals surface area contributed by atoms with E-state index in [9.17, 15) is 19.5 Å². The third-order valence-electron chi connectivity index (χ3n) is 4.69. The van der Waals surface area contributed by atoms with E-state index in [2.05, 4.69) is 4.99 Å². The number of nitrogens with zero attached hydrogens (tertiary/aromatic N) is 4. The van der Waals surface area contributed by atoms with Crippen molar-refractivity contribution in [1.82, 2.24) is 9.80 Å². The summed E-state index contributed by atoms with van der Waals surface area (Å²) in [5.74, 6) is -0.996. The lowest BCUT2D eigenvalue weighted by molar-refractivity contribution is -0.541. The summed E-state index contributed by atoms with van der Waals surface area (Å²) in [6.07, 6.45) is -0.984. The molecule has 2 N–H and O–H groups in total. The third-order valence-corrected chi connectivity index (χ3v) is 5.66. The Morgan fingerprint density at radius 2 is 1.93 bits per heavy atom. The zero-order valence-electron chi connectivity index (χ0n) is 16.8. The van der Waals surface area contributed by atoms with Crippen molar-refractivity contribution in [3.63, 3.8) is 0 Å². The number of carbonyl (C=O) groups excluding carboxylic acids is 2. The lowest BCUT2D eigenvalue weighted by atomic mass is 10.1. The number of aryl methyl sites for hydroxylation is 1. The number of carboxylic acids is 1. The van der Waals surface area contributed by atoms with E-state index in [0.29, 0.717) is 5.75 Å². The number of likely N-dealkylation sites (N-methyl/N-ethyl adjacent to an activating group) is 2. The molecule has 0 radical (unpaired) electrons. The minimum atomic E-state index is -1.04. The summed E-state index contributed by atoms with van der Waals surface area (Å²) >= 11 is 0.926. The number of aliphatic carboxylic acids is 1. The molecule has 3 rings (SSSR count). The van der Waals surface area contributed by atoms with E-state index < -0.39 is 30.1 Å². The zero-order valence-corrected chi connectivity index (χ0v) is 17.6. The molecule has 3 amide bonds. The maximum absolute atomic E-state index is 12.8. The predicted molar refractivity (Wildman–Crippen MR) is 110 cm³/mol. The number of hydrogen-bond acceptors (Lipinski definition) is 7. The largest absolute Gasteiger partial charge is 0.491 e. The van der Waals surface area contributed by atoms with Crippen molar-refractivity contribution in [2.24, 2.45) is 4.99 Å². The van der Waals surface area contributed by atoms with Gasteiger partial charge in [0.15, 0.2) is 0 Å². The highest BCUT2D eigenvalue weighted by Crippen LogP contribution is 2.23. The summed E-state index contributed by atoms with van der Waals surface area (Å²) in [6, 6.07) is 5.92. The van der Waals surface area contributed by atoms with Gasteiger partial charge in [0.2, 0.25) is 0 Å². The van der Waals surface area contributed by atoms with Crippen LogP contribution in [0.3, 0.4) is 0 Å². The maximum atomic E-state index is 12.8. The number of fused-ring (bicyclic) bond motifs is 1. The van der Waals surface area contributed by atoms with Gasteiger partial charge in [0.25, 0.3) is 17.8 Å². The Labute approximate surface area is 177 Å². The molecule has 2 atom stereocenters. The first-order valence-corrected chi connectivity index (χ1v) is 10.2. The van der Waals surface area contributed by atoms with Gasteiger partial charge in [0.1, 0.15) is 30.8 Å². The number of benzene rings is 1. The Balaban J connectivity index is 1.78. The number of amides is 3. The second kappa shape index (κ2) is 8.84. The number of aliphatic hydroxyl groups is 1. The number of hydrogen-bond donors (Lipinski definition) is 2. The molecule has 1 aromatic rings. The molecule has 0 spiro atoms. The standard InChI is InChI=1S/C19H22N4O6S/c1-11-4-6-13(7-5-11)29-9-12(24)8-23-15-16(20-18(23)30-10-14(25)26)21(2)19(28)22(3)17(15)27/h4-7,12,15,24H,8-10H2,1-3H3/p+1. The summed E-state index contributed by atoms with van der Waals surface area (Å²) in [5.41, 5.74) is 1.08. The molecule has 0 aliphatic carbocycles. The van der Waals surface area contributed by atoms with E-state index in [1.807, 2.05) is 19.1 Å². The third kappa shape index (κ3) is 4.46. The van der Waals surface area contributed by atoms with Crippen LogP contribution in [0, 0.1) is 6.92 Å². The Morgan fingerprint density at radius 1 is 1.27 bits per heavy atom. The highest BCUT2D eigenvalue weighted by Gasteiger charge is 2.53. The highest BCUT2D eigenvalue weighted by molar-refractivity contribution is 8.14. The van der Waals surface area contributed by atoms with Crippen molar-refractivity contribution in [2.45, 2.75) is 19.1 Å². The van der Waals surface area contributed by atoms with Crippen LogP contribution < -0.4 is 4.74 Å². The van der Waals surface area contributed by atoms with Gasteiger partial charge in [-0.1, -0.05) is 17.7 Å². The molecule has 2 unspecified atom stereocenters. The van der Waals surface area contributed by atoms with Crippen molar-refractivity contribution in [3.05, 3.63) is 29.8 Å². The van der Waals surface area contributed by atoms with E-state index in [-0.39, 0.29) is 29.9 Å². The number of carbonyl (C=O) groups is 3. The molecule has 2 aliphatic rings. The van der Waals surface area contributed by atoms with Crippen molar-refractivity contribution < 1.29 is 33.9 Å². The average Bonchev–Trinajstić information content (AvgIpc) is 3.07. The van der Waals surface area contributed by atoms with Crippen LogP contribution in [0.15, 0.2) is 29.3 Å². The molecule has 0 saturated carbocycles. The number of amidine groups is 2. The first-order chi connectivity index (χ1) is 14.2. The molecule has 160 valence electrons. The van der Waals surface area contributed by atoms with Crippen LogP contribution in [-0.2, 0) is 9.59 Å². The van der Waals surface area contributed by atoms with E-state index in [1.54, 1.807) is 12.1 Å². The van der Waals surface area contributed by atoms with Gasteiger partial charge in [-0.15, -0.1) is 0 Å². The molecule has 30 heavy (non-hydrogen) atoms. The molecule has 0 bridgehead atoms. The van der Waals surface area contributed by atoms with Gasteiger partial charge in [0.05, 0.1) is 0 Å². The molecule has 0 aromatic heterocycles. The lowest BCUT2D eigenvalue weighted by Crippen LogP contribution is -2.62. The van der Waals surface area contributed by atoms with Gasteiger partial charge >= 0.3 is 17.2 Å². The van der Waals surface area contributed by atoms with Crippen LogP contribution in [0.25, 0.3) is 0 Å². The number of aliphatic imine (C=N–C) groups is 1. The number of carboxylic acid groups (broad SMARTS) is 1. The van der Waals surface area contributed by atoms with E-state index >= 15 is 0 Å². The highest BCUT2D eigenvalue weighted by atomic mass is 32.2. The number of rotatable bonds is 7. The fourth-order valence-electron chi connectivity index (χ4n) is 3.11. The number of aliphatic hydroxyl groups excluding tert-OH is 1. The van der Waals surface area contributed by atoms with E-state index in [0.717, 1.165) is 22.2 Å². The van der Waals surface area contributed by atoms with Gasteiger partial charge in [-0.05, 0) is 35.8 Å². The van der Waals surface area contributed by atoms with Crippen LogP contribution >= 0.6 is 11.8 Å². The Bertz CT molecular complexity index is 929. The SMILES string of the molecule is Cc1ccc(OCC(O)C[N+]2=C(SCC(=O)O)N=C3C2C(=O)N(C)C(=O)N3C)cc1. The molecule has 1 saturated heterocycles. The first-order valence-electron chi connectivity index (χ1n) is 9.18. The fraction of sp³-hybridized carbons (Fsp3) is 0.421. The summed E-state index contributed by atoms with van der Waals surface area (Å²) < 4.78 is 7.13. The average molecular weight is 435 g/mol. The van der Waals surface area contributed by atoms with E-state index in [1.165, 1.54) is 23.6 Å². The first kappa shape index (κ1) is 21.8. The van der Waals surface area contributed by atoms with Crippen molar-refractivity contribution in [2.75, 3.05) is 33.0 Å². The van der Waals surface area contributed by atoms with Crippen LogP contribution in [0.4, 0.5) is 4.79 Å². The quantitative estimate of drug-likeness (QED) is 0.588. The molecule has 1 aromatic carbocycles. The van der Waals surface area contributed by atoms with Gasteiger partial charge < -0.3 is 14.9 Å². The van der Waals surface area contributed by atoms with Crippen molar-refractivity contribution >= 4 is 40.7 Å². The topological polar surface area (TPSA) is 123 Å². The smallest absolute Gasteiger partial charge is 0.358 e. The van der Waals surface area contributed by atoms with Gasteiger partial charge in [-0.3, -0.25) is 19.4 Å². The number of imide groups is 1. The fourth-order valence-corrected chi connectivity index (χ4v) is 3.86. The van der Waals surface area contributed by atoms with E-state index in [4.69, 9.17) is 9.84 Å². The molecule has 2 aliphatic heterocycles. The minimum Gasteiger partial charge on any atom is -0.491 e. The Morgan fingerprint density at radius 3 is 2.57 bits per heavy atom. The predicted octanol–water partition coefficient (Wildman–Crippen LogP) is 0.226. The van der Waals surface area contributed by atoms with Crippen LogP contribution in [0.5, 0.6) is 5.75 Å². The second-order valence-corrected chi connectivity index (χ2v) is 7.95. The maximum Gasteiger partial charge on any atom is 0.358 e. The monoisotopic (exact) mass is 435 g/mol. The summed E-state index contributed by atoms with van der Waals surface area (Å²) in [4.78, 5) is 42.5. The molecule has 1 fully saturated rings. The van der Waals surface area contributed by atoms with Gasteiger partial charge in [0, 0.05) is 14.1 Å². The summed E-state index contributed by atoms with van der Waals surface area (Å²) in [7, 11) is 2.87. The van der Waals surface area contributed by atoms with Crippen LogP contribution in [0.2, 0.25) is 0 Å². The van der Waals surface area contributed by atoms with Crippen LogP contribution in [-0.4, -0.2) is 98.6 Å². The number of ether oxygens (including phenoxy) is 1. The van der Waals surface area contributed by atoms with Crippen LogP contribution in [0.1, 0.15) is 5.56 Å². The Kier molecular flexibility index (Phi) is 6.42. The molecular weight excluding hydrogens is 412 g/mol. The Hall–Kier alpha value is -2.92. The number of β-amino-alcohol motifs (C(OH)–C–C–N with tert-alkyl or cyclic N) is 1. The molecule has 11 heteroatoms. The zero-order chi connectivity index (χ0) is 22.0. The van der Waals surface area contributed by atoms with Gasteiger partial charge in [-0.25, -0.2) is 9.37 Å². The summed E-state index contributed by atoms with van der Waals surface area (Å²) in [6.45, 7) is 1.90. The summed E-state index contributed by atoms with van der Waals surface area (Å²) in [5, 5.41) is 19.8. The number of thioether (sulfide) groups is 1. The normalized spacial score (nSPS) is 19.7. The molecule has 10 nitrogen and oxygen atoms in total. The second-order valence-electron chi connectivity index (χ2n) is 7.01.